The van der Waals surface area contributed by atoms with Crippen molar-refractivity contribution in [3.63, 3.8) is 0 Å². The van der Waals surface area contributed by atoms with Gasteiger partial charge in [-0.15, -0.1) is 0 Å². The molecular weight excluding hydrogens is 540 g/mol. The summed E-state index contributed by atoms with van der Waals surface area (Å²) in [6, 6.07) is 8.05. The van der Waals surface area contributed by atoms with E-state index in [1.165, 1.54) is 11.0 Å². The van der Waals surface area contributed by atoms with Crippen LogP contribution in [0, 0.1) is 5.82 Å². The van der Waals surface area contributed by atoms with Gasteiger partial charge in [-0.05, 0) is 36.4 Å². The Balaban J connectivity index is 1.15. The quantitative estimate of drug-likeness (QED) is 0.320. The number of nitrogens with zero attached hydrogens (tertiary/aromatic N) is 3. The molecule has 1 aliphatic heterocycles. The maximum atomic E-state index is 13.6. The molecule has 40 heavy (non-hydrogen) atoms. The molecule has 5 rings (SSSR count). The van der Waals surface area contributed by atoms with Crippen molar-refractivity contribution in [1.82, 2.24) is 30.3 Å². The smallest absolute Gasteiger partial charge is 0.408 e. The molecule has 2 aromatic heterocycles. The van der Waals surface area contributed by atoms with Crippen LogP contribution in [-0.2, 0) is 11.0 Å². The fraction of sp³-hybridized carbons (Fsp3) is 0.240. The second-order valence-electron chi connectivity index (χ2n) is 8.94. The van der Waals surface area contributed by atoms with Crippen molar-refractivity contribution in [1.29, 1.82) is 0 Å². The van der Waals surface area contributed by atoms with Gasteiger partial charge in [-0.1, -0.05) is 6.07 Å². The van der Waals surface area contributed by atoms with Gasteiger partial charge in [0.15, 0.2) is 5.58 Å². The summed E-state index contributed by atoms with van der Waals surface area (Å²) in [5.74, 6) is -3.63. The highest BCUT2D eigenvalue weighted by atomic mass is 19.4. The van der Waals surface area contributed by atoms with E-state index in [0.29, 0.717) is 40.6 Å². The molecule has 3 amide bonds. The Labute approximate surface area is 221 Å². The number of amides is 3. The molecule has 0 spiro atoms. The number of benzene rings is 2. The van der Waals surface area contributed by atoms with Gasteiger partial charge in [0.25, 0.3) is 11.8 Å². The van der Waals surface area contributed by atoms with Crippen LogP contribution in [0.25, 0.3) is 22.4 Å². The summed E-state index contributed by atoms with van der Waals surface area (Å²) in [6.07, 6.45) is -4.84. The molecule has 3 N–H and O–H groups in total. The minimum Gasteiger partial charge on any atom is -0.408 e. The first-order valence-electron chi connectivity index (χ1n) is 11.9. The third-order valence-electron chi connectivity index (χ3n) is 6.38. The topological polar surface area (TPSA) is 144 Å². The van der Waals surface area contributed by atoms with E-state index < -0.39 is 46.6 Å². The summed E-state index contributed by atoms with van der Waals surface area (Å²) in [4.78, 5) is 54.2. The van der Waals surface area contributed by atoms with Crippen LogP contribution in [0.4, 0.5) is 17.6 Å². The highest BCUT2D eigenvalue weighted by Gasteiger charge is 2.37. The Morgan fingerprint density at radius 1 is 1.00 bits per heavy atom. The lowest BCUT2D eigenvalue weighted by Gasteiger charge is -2.35. The number of aromatic amines is 2. The van der Waals surface area contributed by atoms with Crippen molar-refractivity contribution in [2.45, 2.75) is 6.18 Å². The van der Waals surface area contributed by atoms with Crippen molar-refractivity contribution in [3.8, 4) is 11.3 Å². The van der Waals surface area contributed by atoms with Gasteiger partial charge < -0.3 is 19.5 Å². The number of nitrogens with one attached hydrogen (secondary N) is 3. The lowest BCUT2D eigenvalue weighted by molar-refractivity contribution is -0.138. The van der Waals surface area contributed by atoms with Crippen molar-refractivity contribution < 1.29 is 36.4 Å². The summed E-state index contributed by atoms with van der Waals surface area (Å²) in [5, 5.41) is 9.12. The predicted molar refractivity (Wildman–Crippen MR) is 131 cm³/mol. The number of halogens is 4. The molecule has 15 heteroatoms. The number of rotatable bonds is 5. The molecule has 2 aromatic carbocycles. The third kappa shape index (κ3) is 5.43. The van der Waals surface area contributed by atoms with Crippen molar-refractivity contribution >= 4 is 28.8 Å². The molecule has 1 aliphatic rings. The first kappa shape index (κ1) is 26.6. The van der Waals surface area contributed by atoms with Crippen LogP contribution in [0.2, 0.25) is 0 Å². The van der Waals surface area contributed by atoms with Gasteiger partial charge in [0, 0.05) is 31.7 Å². The largest absolute Gasteiger partial charge is 0.417 e. The zero-order valence-electron chi connectivity index (χ0n) is 20.5. The fourth-order valence-electron chi connectivity index (χ4n) is 4.32. The van der Waals surface area contributed by atoms with E-state index >= 15 is 0 Å². The van der Waals surface area contributed by atoms with Gasteiger partial charge >= 0.3 is 11.9 Å². The summed E-state index contributed by atoms with van der Waals surface area (Å²) in [7, 11) is 0. The van der Waals surface area contributed by atoms with E-state index in [4.69, 9.17) is 4.42 Å². The highest BCUT2D eigenvalue weighted by Crippen LogP contribution is 2.33. The molecule has 1 fully saturated rings. The van der Waals surface area contributed by atoms with Crippen molar-refractivity contribution in [2.24, 2.45) is 0 Å². The van der Waals surface area contributed by atoms with E-state index in [2.05, 4.69) is 20.5 Å². The Morgan fingerprint density at radius 3 is 2.45 bits per heavy atom. The van der Waals surface area contributed by atoms with Gasteiger partial charge in [0.05, 0.1) is 28.9 Å². The Bertz CT molecular complexity index is 1670. The predicted octanol–water partition coefficient (Wildman–Crippen LogP) is 2.38. The van der Waals surface area contributed by atoms with Crippen LogP contribution in [-0.4, -0.2) is 75.4 Å². The second-order valence-corrected chi connectivity index (χ2v) is 8.94. The number of aromatic nitrogens is 3. The Morgan fingerprint density at radius 2 is 1.73 bits per heavy atom. The van der Waals surface area contributed by atoms with Gasteiger partial charge in [-0.2, -0.15) is 18.3 Å². The maximum Gasteiger partial charge on any atom is 0.417 e. The van der Waals surface area contributed by atoms with E-state index in [-0.39, 0.29) is 38.4 Å². The Hall–Kier alpha value is -4.95. The van der Waals surface area contributed by atoms with Gasteiger partial charge in [-0.25, -0.2) is 9.18 Å². The van der Waals surface area contributed by atoms with Crippen LogP contribution in [0.1, 0.15) is 26.4 Å². The summed E-state index contributed by atoms with van der Waals surface area (Å²) >= 11 is 0. The molecule has 0 saturated carbocycles. The summed E-state index contributed by atoms with van der Waals surface area (Å²) in [6.45, 7) is -0.473. The van der Waals surface area contributed by atoms with Crippen LogP contribution < -0.4 is 11.1 Å². The second kappa shape index (κ2) is 10.3. The van der Waals surface area contributed by atoms with Crippen LogP contribution in [0.5, 0.6) is 0 Å². The first-order chi connectivity index (χ1) is 19.0. The van der Waals surface area contributed by atoms with Crippen LogP contribution in [0.15, 0.2) is 51.7 Å². The van der Waals surface area contributed by atoms with Crippen molar-refractivity contribution in [2.75, 3.05) is 32.7 Å². The number of H-pyrrole nitrogens is 2. The average molecular weight is 560 g/mol. The summed E-state index contributed by atoms with van der Waals surface area (Å²) < 4.78 is 58.5. The van der Waals surface area contributed by atoms with E-state index in [0.717, 1.165) is 4.90 Å². The molecule has 0 atom stereocenters. The van der Waals surface area contributed by atoms with E-state index in [1.54, 1.807) is 18.2 Å². The lowest BCUT2D eigenvalue weighted by atomic mass is 10.0. The zero-order valence-corrected chi connectivity index (χ0v) is 20.5. The third-order valence-corrected chi connectivity index (χ3v) is 6.38. The fourth-order valence-corrected chi connectivity index (χ4v) is 4.32. The molecular formula is C25H20F4N6O5. The zero-order chi connectivity index (χ0) is 28.6. The number of oxazole rings is 1. The molecule has 11 nitrogen and oxygen atoms in total. The van der Waals surface area contributed by atoms with Gasteiger partial charge in [-0.3, -0.25) is 24.5 Å². The monoisotopic (exact) mass is 560 g/mol. The molecule has 0 bridgehead atoms. The van der Waals surface area contributed by atoms with Gasteiger partial charge in [0.1, 0.15) is 11.5 Å². The molecule has 3 heterocycles. The van der Waals surface area contributed by atoms with E-state index in [9.17, 15) is 36.7 Å². The summed E-state index contributed by atoms with van der Waals surface area (Å²) in [5.41, 5.74) is -0.157. The van der Waals surface area contributed by atoms with E-state index in [1.807, 2.05) is 0 Å². The molecule has 0 radical (unpaired) electrons. The molecule has 0 aliphatic carbocycles. The molecule has 1 saturated heterocycles. The normalized spacial score (nSPS) is 14.0. The SMILES string of the molecule is O=C(NCC(=O)N1CCN(C(=O)c2cc(F)ccc2C(F)(F)F)CC1)c1cc(-c2ccc3[nH]c(=O)oc3c2)n[nH]1. The number of alkyl halides is 3. The molecule has 208 valence electrons. The number of carbonyl (C=O) groups excluding carboxylic acids is 3. The van der Waals surface area contributed by atoms with Crippen molar-refractivity contribution in [3.05, 3.63) is 75.7 Å². The van der Waals surface area contributed by atoms with Crippen LogP contribution >= 0.6 is 0 Å². The molecule has 0 unspecified atom stereocenters. The number of piperazine rings is 1. The number of hydrogen-bond acceptors (Lipinski definition) is 6. The van der Waals surface area contributed by atoms with Gasteiger partial charge in [0.2, 0.25) is 5.91 Å². The number of fused-ring (bicyclic) bond motifs is 1. The highest BCUT2D eigenvalue weighted by molar-refractivity contribution is 5.97. The molecule has 4 aromatic rings. The first-order valence-corrected chi connectivity index (χ1v) is 11.9. The number of hydrogen-bond donors (Lipinski definition) is 3. The minimum absolute atomic E-state index is 0.0169. The number of carbonyl (C=O) groups is 3. The van der Waals surface area contributed by atoms with Crippen LogP contribution in [0.3, 0.4) is 0 Å². The Kier molecular flexibility index (Phi) is 6.87. The minimum atomic E-state index is -4.84. The standard InChI is InChI=1S/C25H20F4N6O5/c26-14-2-3-16(25(27,28)29)15(10-14)23(38)35-7-5-34(6-8-35)21(36)12-30-22(37)19-11-18(32-33-19)13-1-4-17-20(9-13)40-24(39)31-17/h1-4,9-11H,5-8,12H2,(H,30,37)(H,31,39)(H,32,33). The maximum absolute atomic E-state index is 13.6. The average Bonchev–Trinajstić information content (AvgIpc) is 3.56. The lowest BCUT2D eigenvalue weighted by Crippen LogP contribution is -2.52.